The first-order valence-corrected chi connectivity index (χ1v) is 21.2. The Hall–Kier alpha value is -8.92. The van der Waals surface area contributed by atoms with Gasteiger partial charge in [-0.2, -0.15) is 5.26 Å². The van der Waals surface area contributed by atoms with Crippen LogP contribution in [-0.2, 0) is 0 Å². The first-order chi connectivity index (χ1) is 31.6. The lowest BCUT2D eigenvalue weighted by molar-refractivity contribution is 0.669. The monoisotopic (exact) mass is 817 g/mol. The predicted molar refractivity (Wildman–Crippen MR) is 259 cm³/mol. The minimum atomic E-state index is 0.536. The van der Waals surface area contributed by atoms with Crippen LogP contribution in [0.2, 0.25) is 0 Å². The fourth-order valence-corrected chi connectivity index (χ4v) is 8.99. The lowest BCUT2D eigenvalue weighted by Crippen LogP contribution is -2.00. The minimum absolute atomic E-state index is 0.536. The fourth-order valence-electron chi connectivity index (χ4n) is 8.99. The van der Waals surface area contributed by atoms with E-state index in [9.17, 15) is 5.26 Å². The average molecular weight is 818 g/mol. The van der Waals surface area contributed by atoms with Gasteiger partial charge in [-0.1, -0.05) is 158 Å². The van der Waals surface area contributed by atoms with E-state index in [1.54, 1.807) is 0 Å². The Labute approximate surface area is 368 Å². The van der Waals surface area contributed by atoms with Crippen LogP contribution in [0, 0.1) is 11.3 Å². The quantitative estimate of drug-likeness (QED) is 0.160. The fraction of sp³-hybridized carbons (Fsp3) is 0. The molecule has 0 unspecified atom stereocenters. The molecule has 0 bridgehead atoms. The summed E-state index contributed by atoms with van der Waals surface area (Å²) in [6.45, 7) is 0. The summed E-state index contributed by atoms with van der Waals surface area (Å²) in [7, 11) is 0. The molecule has 12 rings (SSSR count). The van der Waals surface area contributed by atoms with Gasteiger partial charge in [0.1, 0.15) is 11.2 Å². The maximum absolute atomic E-state index is 9.53. The van der Waals surface area contributed by atoms with Crippen molar-refractivity contribution in [3.8, 4) is 79.3 Å². The Morgan fingerprint density at radius 2 is 0.922 bits per heavy atom. The highest BCUT2D eigenvalue weighted by Crippen LogP contribution is 2.40. The van der Waals surface area contributed by atoms with Gasteiger partial charge >= 0.3 is 0 Å². The van der Waals surface area contributed by atoms with E-state index < -0.39 is 0 Å². The summed E-state index contributed by atoms with van der Waals surface area (Å²) in [6.07, 6.45) is 0. The van der Waals surface area contributed by atoms with E-state index in [0.29, 0.717) is 23.0 Å². The molecule has 0 aliphatic heterocycles. The van der Waals surface area contributed by atoms with Gasteiger partial charge in [0.2, 0.25) is 0 Å². The number of hydrogen-bond acceptors (Lipinski definition) is 5. The standard InChI is InChI=1S/C58H35N5O/c59-36-37-11-9-14-43(33-37)40-23-27-42(28-24-40)56-60-57(44-29-31-49-48-17-7-8-19-51(48)63(52(49)34-44)46-15-5-2-6-16-46)62-58(61-56)45-30-32-50-54(35-45)64-53-20-10-18-47(55(50)53)41-25-21-39(22-26-41)38-12-3-1-4-13-38/h1-35H. The average Bonchev–Trinajstić information content (AvgIpc) is 3.92. The van der Waals surface area contributed by atoms with Crippen LogP contribution < -0.4 is 0 Å². The number of furan rings is 1. The molecule has 0 atom stereocenters. The second-order valence-corrected chi connectivity index (χ2v) is 15.9. The summed E-state index contributed by atoms with van der Waals surface area (Å²) in [4.78, 5) is 15.5. The largest absolute Gasteiger partial charge is 0.456 e. The number of benzene rings is 9. The molecule has 0 N–H and O–H groups in total. The number of rotatable bonds is 7. The van der Waals surface area contributed by atoms with Crippen LogP contribution in [0.1, 0.15) is 5.56 Å². The molecule has 9 aromatic carbocycles. The highest BCUT2D eigenvalue weighted by atomic mass is 16.3. The smallest absolute Gasteiger partial charge is 0.164 e. The van der Waals surface area contributed by atoms with Gasteiger partial charge < -0.3 is 8.98 Å². The zero-order chi connectivity index (χ0) is 42.6. The number of nitrogens with zero attached hydrogens (tertiary/aromatic N) is 5. The maximum Gasteiger partial charge on any atom is 0.164 e. The van der Waals surface area contributed by atoms with Crippen molar-refractivity contribution < 1.29 is 4.42 Å². The van der Waals surface area contributed by atoms with Crippen LogP contribution in [-0.4, -0.2) is 19.5 Å². The predicted octanol–water partition coefficient (Wildman–Crippen LogP) is 14.7. The molecule has 298 valence electrons. The molecule has 0 aliphatic carbocycles. The molecule has 0 saturated carbocycles. The van der Waals surface area contributed by atoms with Crippen molar-refractivity contribution in [3.63, 3.8) is 0 Å². The van der Waals surface area contributed by atoms with Crippen molar-refractivity contribution >= 4 is 43.7 Å². The zero-order valence-electron chi connectivity index (χ0n) is 34.4. The molecule has 0 amide bonds. The molecule has 6 nitrogen and oxygen atoms in total. The van der Waals surface area contributed by atoms with Crippen LogP contribution >= 0.6 is 0 Å². The molecule has 0 saturated heterocycles. The van der Waals surface area contributed by atoms with Gasteiger partial charge in [0, 0.05) is 43.9 Å². The zero-order valence-corrected chi connectivity index (χ0v) is 34.4. The van der Waals surface area contributed by atoms with Crippen molar-refractivity contribution in [2.24, 2.45) is 0 Å². The first kappa shape index (κ1) is 36.9. The summed E-state index contributed by atoms with van der Waals surface area (Å²) < 4.78 is 8.91. The first-order valence-electron chi connectivity index (χ1n) is 21.2. The lowest BCUT2D eigenvalue weighted by Gasteiger charge is -2.11. The second kappa shape index (κ2) is 15.2. The number of hydrogen-bond donors (Lipinski definition) is 0. The minimum Gasteiger partial charge on any atom is -0.456 e. The molecule has 0 radical (unpaired) electrons. The SMILES string of the molecule is N#Cc1cccc(-c2ccc(-c3nc(-c4ccc5c(c4)oc4cccc(-c6ccc(-c7ccccc7)cc6)c45)nc(-c4ccc5c6ccccc6n(-c6ccccc6)c5c4)n3)cc2)c1. The van der Waals surface area contributed by atoms with Gasteiger partial charge in [0.15, 0.2) is 17.5 Å². The van der Waals surface area contributed by atoms with E-state index in [1.165, 1.54) is 16.5 Å². The summed E-state index contributed by atoms with van der Waals surface area (Å²) in [6, 6.07) is 75.1. The van der Waals surface area contributed by atoms with E-state index in [1.807, 2.05) is 72.8 Å². The summed E-state index contributed by atoms with van der Waals surface area (Å²) in [5, 5.41) is 13.9. The normalized spacial score (nSPS) is 11.4. The Morgan fingerprint density at radius 3 is 1.67 bits per heavy atom. The molecule has 64 heavy (non-hydrogen) atoms. The van der Waals surface area contributed by atoms with Crippen LogP contribution in [0.15, 0.2) is 217 Å². The van der Waals surface area contributed by atoms with Crippen molar-refractivity contribution in [2.45, 2.75) is 0 Å². The molecule has 6 heteroatoms. The van der Waals surface area contributed by atoms with E-state index in [2.05, 4.69) is 150 Å². The van der Waals surface area contributed by atoms with Gasteiger partial charge in [0.25, 0.3) is 0 Å². The molecule has 12 aromatic rings. The van der Waals surface area contributed by atoms with Gasteiger partial charge in [-0.3, -0.25) is 0 Å². The Morgan fingerprint density at radius 1 is 0.375 bits per heavy atom. The molecular weight excluding hydrogens is 783 g/mol. The van der Waals surface area contributed by atoms with Crippen molar-refractivity contribution in [2.75, 3.05) is 0 Å². The van der Waals surface area contributed by atoms with Crippen LogP contribution in [0.25, 0.3) is 117 Å². The molecule has 0 spiro atoms. The maximum atomic E-state index is 9.53. The highest BCUT2D eigenvalue weighted by Gasteiger charge is 2.19. The second-order valence-electron chi connectivity index (χ2n) is 15.9. The molecular formula is C58H35N5O. The van der Waals surface area contributed by atoms with Crippen molar-refractivity contribution in [3.05, 3.63) is 218 Å². The third kappa shape index (κ3) is 6.39. The number of fused-ring (bicyclic) bond motifs is 6. The van der Waals surface area contributed by atoms with Gasteiger partial charge in [-0.25, -0.2) is 15.0 Å². The number of nitriles is 1. The lowest BCUT2D eigenvalue weighted by atomic mass is 9.96. The van der Waals surface area contributed by atoms with E-state index >= 15 is 0 Å². The third-order valence-electron chi connectivity index (χ3n) is 12.1. The molecule has 0 aliphatic rings. The van der Waals surface area contributed by atoms with Crippen LogP contribution in [0.5, 0.6) is 0 Å². The third-order valence-corrected chi connectivity index (χ3v) is 12.1. The topological polar surface area (TPSA) is 80.5 Å². The van der Waals surface area contributed by atoms with E-state index in [-0.39, 0.29) is 0 Å². The van der Waals surface area contributed by atoms with Crippen molar-refractivity contribution in [1.82, 2.24) is 19.5 Å². The number of para-hydroxylation sites is 2. The van der Waals surface area contributed by atoms with E-state index in [0.717, 1.165) is 83.0 Å². The molecule has 3 aromatic heterocycles. The van der Waals surface area contributed by atoms with Crippen LogP contribution in [0.3, 0.4) is 0 Å². The summed E-state index contributed by atoms with van der Waals surface area (Å²) >= 11 is 0. The summed E-state index contributed by atoms with van der Waals surface area (Å²) in [5.74, 6) is 1.64. The Bertz CT molecular complexity index is 3770. The van der Waals surface area contributed by atoms with Crippen LogP contribution in [0.4, 0.5) is 0 Å². The van der Waals surface area contributed by atoms with Crippen molar-refractivity contribution in [1.29, 1.82) is 5.26 Å². The summed E-state index contributed by atoms with van der Waals surface area (Å²) in [5.41, 5.74) is 14.5. The van der Waals surface area contributed by atoms with Gasteiger partial charge in [-0.05, 0) is 88.0 Å². The van der Waals surface area contributed by atoms with Gasteiger partial charge in [0.05, 0.1) is 22.7 Å². The molecule has 0 fully saturated rings. The highest BCUT2D eigenvalue weighted by molar-refractivity contribution is 6.13. The number of aromatic nitrogens is 4. The van der Waals surface area contributed by atoms with E-state index in [4.69, 9.17) is 19.4 Å². The Balaban J connectivity index is 0.997. The molecule has 3 heterocycles. The Kier molecular flexibility index (Phi) is 8.77. The van der Waals surface area contributed by atoms with Gasteiger partial charge in [-0.15, -0.1) is 0 Å².